The van der Waals surface area contributed by atoms with Crippen molar-refractivity contribution >= 4 is 11.6 Å². The molecule has 2 nitrogen and oxygen atoms in total. The Morgan fingerprint density at radius 3 is 1.50 bits per heavy atom. The number of rotatable bonds is 2. The van der Waals surface area contributed by atoms with Crippen molar-refractivity contribution in [2.45, 2.75) is 19.5 Å². The van der Waals surface area contributed by atoms with Crippen molar-refractivity contribution in [2.75, 3.05) is 6.67 Å². The quantitative estimate of drug-likeness (QED) is 0.671. The van der Waals surface area contributed by atoms with Crippen LogP contribution in [0.25, 0.3) is 0 Å². The van der Waals surface area contributed by atoms with Crippen LogP contribution in [0, 0.1) is 0 Å². The average Bonchev–Trinajstić information content (AvgIpc) is 2.02. The van der Waals surface area contributed by atoms with E-state index in [1.165, 1.54) is 0 Å². The lowest BCUT2D eigenvalue weighted by molar-refractivity contribution is -0.168. The van der Waals surface area contributed by atoms with Crippen molar-refractivity contribution in [3.63, 3.8) is 0 Å². The van der Waals surface area contributed by atoms with Crippen LogP contribution in [0.15, 0.2) is 0 Å². The molecular weight excluding hydrogens is 218 g/mol. The lowest BCUT2D eigenvalue weighted by Gasteiger charge is -1.95. The number of halogens is 6. The molecule has 0 aliphatic heterocycles. The Hall–Kier alpha value is -1.08. The highest BCUT2D eigenvalue weighted by atomic mass is 19.4. The number of ketones is 2. The first-order chi connectivity index (χ1) is 6.12. The zero-order valence-corrected chi connectivity index (χ0v) is 6.87. The second-order valence-corrected chi connectivity index (χ2v) is 1.95. The van der Waals surface area contributed by atoms with Gasteiger partial charge in [0.15, 0.2) is 6.67 Å². The van der Waals surface area contributed by atoms with E-state index in [0.29, 0.717) is 6.92 Å². The highest BCUT2D eigenvalue weighted by Gasteiger charge is 2.33. The Morgan fingerprint density at radius 1 is 1.21 bits per heavy atom. The predicted molar refractivity (Wildman–Crippen MR) is 33.7 cm³/mol. The SMILES string of the molecule is CC(=O)C(F)(F)F.O=C(CF)C(F)F. The van der Waals surface area contributed by atoms with E-state index in [1.807, 2.05) is 0 Å². The van der Waals surface area contributed by atoms with Gasteiger partial charge >= 0.3 is 6.18 Å². The summed E-state index contributed by atoms with van der Waals surface area (Å²) in [7, 11) is 0. The van der Waals surface area contributed by atoms with Gasteiger partial charge in [-0.1, -0.05) is 0 Å². The summed E-state index contributed by atoms with van der Waals surface area (Å²) in [6.07, 6.45) is -7.79. The minimum Gasteiger partial charge on any atom is -0.290 e. The number of hydrogen-bond acceptors (Lipinski definition) is 2. The Labute approximate surface area is 74.9 Å². The summed E-state index contributed by atoms with van der Waals surface area (Å²) in [6.45, 7) is -1.09. The number of alkyl halides is 6. The molecule has 0 amide bonds. The number of Topliss-reactive ketones (excluding diaryl/α,β-unsaturated/α-hetero) is 2. The predicted octanol–water partition coefficient (Wildman–Crippen LogP) is 1.93. The first-order valence-electron chi connectivity index (χ1n) is 3.07. The molecule has 0 fully saturated rings. The number of hydrogen-bond donors (Lipinski definition) is 0. The Kier molecular flexibility index (Phi) is 7.02. The van der Waals surface area contributed by atoms with Gasteiger partial charge in [-0.2, -0.15) is 13.2 Å². The third kappa shape index (κ3) is 9.01. The lowest BCUT2D eigenvalue weighted by atomic mass is 10.5. The van der Waals surface area contributed by atoms with Crippen molar-refractivity contribution in [3.8, 4) is 0 Å². The molecule has 0 aromatic heterocycles. The first kappa shape index (κ1) is 15.4. The fourth-order valence-electron chi connectivity index (χ4n) is 0.0583. The number of carbonyl (C=O) groups excluding carboxylic acids is 2. The van der Waals surface area contributed by atoms with E-state index in [9.17, 15) is 35.9 Å². The smallest absolute Gasteiger partial charge is 0.290 e. The summed E-state index contributed by atoms with van der Waals surface area (Å²) in [5.41, 5.74) is 0. The molecule has 0 saturated carbocycles. The van der Waals surface area contributed by atoms with E-state index in [2.05, 4.69) is 0 Å². The molecule has 0 atom stereocenters. The highest BCUT2D eigenvalue weighted by Crippen LogP contribution is 2.14. The molecule has 0 rings (SSSR count). The van der Waals surface area contributed by atoms with Crippen LogP contribution < -0.4 is 0 Å². The van der Waals surface area contributed by atoms with Crippen molar-refractivity contribution in [3.05, 3.63) is 0 Å². The normalized spacial score (nSPS) is 10.6. The second-order valence-electron chi connectivity index (χ2n) is 1.95. The summed E-state index contributed by atoms with van der Waals surface area (Å²) in [5.74, 6) is -3.41. The summed E-state index contributed by atoms with van der Waals surface area (Å²) in [4.78, 5) is 18.7. The van der Waals surface area contributed by atoms with E-state index in [0.717, 1.165) is 0 Å². The molecule has 0 unspecified atom stereocenters. The number of carbonyl (C=O) groups is 2. The van der Waals surface area contributed by atoms with E-state index in [4.69, 9.17) is 0 Å². The zero-order chi connectivity index (χ0) is 11.9. The van der Waals surface area contributed by atoms with Gasteiger partial charge in [0.25, 0.3) is 6.43 Å². The van der Waals surface area contributed by atoms with E-state index >= 15 is 0 Å². The topological polar surface area (TPSA) is 34.1 Å². The van der Waals surface area contributed by atoms with Gasteiger partial charge in [0, 0.05) is 6.92 Å². The summed E-state index contributed by atoms with van der Waals surface area (Å²) < 4.78 is 65.0. The summed E-state index contributed by atoms with van der Waals surface area (Å²) in [5, 5.41) is 0. The molecule has 0 aliphatic rings. The molecule has 0 aromatic rings. The van der Waals surface area contributed by atoms with Crippen molar-refractivity contribution in [1.29, 1.82) is 0 Å². The molecule has 0 radical (unpaired) electrons. The van der Waals surface area contributed by atoms with Crippen molar-refractivity contribution in [2.24, 2.45) is 0 Å². The molecule has 0 saturated heterocycles. The largest absolute Gasteiger partial charge is 0.449 e. The first-order valence-corrected chi connectivity index (χ1v) is 3.07. The minimum atomic E-state index is -4.64. The van der Waals surface area contributed by atoms with Crippen LogP contribution in [0.4, 0.5) is 26.3 Å². The molecule has 84 valence electrons. The van der Waals surface area contributed by atoms with Crippen LogP contribution in [0.3, 0.4) is 0 Å². The molecular formula is C6H6F6O2. The van der Waals surface area contributed by atoms with E-state index in [1.54, 1.807) is 0 Å². The zero-order valence-electron chi connectivity index (χ0n) is 6.87. The Morgan fingerprint density at radius 2 is 1.50 bits per heavy atom. The van der Waals surface area contributed by atoms with Crippen LogP contribution in [-0.4, -0.2) is 30.8 Å². The third-order valence-corrected chi connectivity index (χ3v) is 0.774. The van der Waals surface area contributed by atoms with Gasteiger partial charge in [-0.05, 0) is 0 Å². The third-order valence-electron chi connectivity index (χ3n) is 0.774. The van der Waals surface area contributed by atoms with Gasteiger partial charge < -0.3 is 0 Å². The lowest BCUT2D eigenvalue weighted by Crippen LogP contribution is -2.18. The van der Waals surface area contributed by atoms with E-state index < -0.39 is 30.8 Å². The molecule has 14 heavy (non-hydrogen) atoms. The molecule has 8 heteroatoms. The van der Waals surface area contributed by atoms with Crippen molar-refractivity contribution in [1.82, 2.24) is 0 Å². The van der Waals surface area contributed by atoms with Crippen LogP contribution >= 0.6 is 0 Å². The Balaban J connectivity index is 0. The maximum Gasteiger partial charge on any atom is 0.449 e. The monoisotopic (exact) mass is 224 g/mol. The molecule has 0 bridgehead atoms. The minimum absolute atomic E-state index is 0.486. The molecule has 0 spiro atoms. The average molecular weight is 224 g/mol. The van der Waals surface area contributed by atoms with Gasteiger partial charge in [0.1, 0.15) is 0 Å². The molecule has 0 aliphatic carbocycles. The fourth-order valence-corrected chi connectivity index (χ4v) is 0.0583. The standard InChI is InChI=1S/2C3H3F3O/c1-2(7)3(4,5)6;4-1-2(7)3(5)6/h1H3;3H,1H2. The summed E-state index contributed by atoms with van der Waals surface area (Å²) >= 11 is 0. The van der Waals surface area contributed by atoms with Crippen molar-refractivity contribution < 1.29 is 35.9 Å². The Bertz CT molecular complexity index is 195. The van der Waals surface area contributed by atoms with E-state index in [-0.39, 0.29) is 0 Å². The second kappa shape index (κ2) is 6.39. The molecule has 0 heterocycles. The van der Waals surface area contributed by atoms with Gasteiger partial charge in [0.2, 0.25) is 11.6 Å². The highest BCUT2D eigenvalue weighted by molar-refractivity contribution is 5.82. The summed E-state index contributed by atoms with van der Waals surface area (Å²) in [6, 6.07) is 0. The van der Waals surface area contributed by atoms with Gasteiger partial charge in [-0.25, -0.2) is 13.2 Å². The molecule has 0 aromatic carbocycles. The van der Waals surface area contributed by atoms with Crippen LogP contribution in [-0.2, 0) is 9.59 Å². The maximum atomic E-state index is 10.8. The van der Waals surface area contributed by atoms with Crippen LogP contribution in [0.5, 0.6) is 0 Å². The molecule has 0 N–H and O–H groups in total. The fraction of sp³-hybridized carbons (Fsp3) is 0.667. The van der Waals surface area contributed by atoms with Gasteiger partial charge in [-0.15, -0.1) is 0 Å². The van der Waals surface area contributed by atoms with Gasteiger partial charge in [0.05, 0.1) is 0 Å². The van der Waals surface area contributed by atoms with Crippen LogP contribution in [0.2, 0.25) is 0 Å². The van der Waals surface area contributed by atoms with Gasteiger partial charge in [-0.3, -0.25) is 9.59 Å². The maximum absolute atomic E-state index is 10.8. The van der Waals surface area contributed by atoms with Crippen LogP contribution in [0.1, 0.15) is 6.92 Å².